The molecule has 0 spiro atoms. The van der Waals surface area contributed by atoms with Gasteiger partial charge in [0.2, 0.25) is 0 Å². The quantitative estimate of drug-likeness (QED) is 0.533. The van der Waals surface area contributed by atoms with E-state index < -0.39 is 0 Å². The predicted molar refractivity (Wildman–Crippen MR) is 40.7 cm³/mol. The third kappa shape index (κ3) is 3.06. The number of alkyl halides is 2. The molecule has 1 saturated heterocycles. The third-order valence-electron chi connectivity index (χ3n) is 1.28. The number of hydrogen-bond donors (Lipinski definition) is 0. The Morgan fingerprint density at radius 2 is 2.00 bits per heavy atom. The van der Waals surface area contributed by atoms with Crippen LogP contribution in [0.4, 0.5) is 0 Å². The van der Waals surface area contributed by atoms with Gasteiger partial charge in [0.05, 0.1) is 25.2 Å². The maximum atomic E-state index is 5.79. The van der Waals surface area contributed by atoms with E-state index in [0.717, 1.165) is 6.42 Å². The average molecular weight is 185 g/mol. The van der Waals surface area contributed by atoms with E-state index in [1.165, 1.54) is 0 Å². The van der Waals surface area contributed by atoms with Crippen molar-refractivity contribution in [2.24, 2.45) is 0 Å². The van der Waals surface area contributed by atoms with Gasteiger partial charge >= 0.3 is 0 Å². The van der Waals surface area contributed by atoms with Crippen LogP contribution in [-0.4, -0.2) is 30.8 Å². The Bertz CT molecular complexity index is 79.7. The highest BCUT2D eigenvalue weighted by Crippen LogP contribution is 2.10. The second-order valence-corrected chi connectivity index (χ2v) is 3.31. The van der Waals surface area contributed by atoms with Crippen LogP contribution in [0.2, 0.25) is 0 Å². The summed E-state index contributed by atoms with van der Waals surface area (Å²) in [6.07, 6.45) is 0.810. The van der Waals surface area contributed by atoms with E-state index in [-0.39, 0.29) is 10.9 Å². The van der Waals surface area contributed by atoms with Crippen LogP contribution in [0, 0.1) is 0 Å². The van der Waals surface area contributed by atoms with E-state index >= 15 is 0 Å². The van der Waals surface area contributed by atoms with E-state index in [1.807, 2.05) is 0 Å². The fourth-order valence-corrected chi connectivity index (χ4v) is 1.10. The Kier molecular flexibility index (Phi) is 3.78. The van der Waals surface area contributed by atoms with Gasteiger partial charge in [-0.1, -0.05) is 11.6 Å². The van der Waals surface area contributed by atoms with Gasteiger partial charge in [-0.3, -0.25) is 0 Å². The molecule has 0 aromatic rings. The first-order valence-electron chi connectivity index (χ1n) is 3.26. The molecule has 0 radical (unpaired) electrons. The summed E-state index contributed by atoms with van der Waals surface area (Å²) < 4.78 is 10.2. The summed E-state index contributed by atoms with van der Waals surface area (Å²) >= 11 is 11.4. The van der Waals surface area contributed by atoms with Crippen molar-refractivity contribution >= 4 is 23.2 Å². The highest BCUT2D eigenvalue weighted by Gasteiger charge is 2.12. The Balaban J connectivity index is 2.21. The second-order valence-electron chi connectivity index (χ2n) is 2.20. The number of hydrogen-bond acceptors (Lipinski definition) is 2. The predicted octanol–water partition coefficient (Wildman–Crippen LogP) is 1.60. The third-order valence-corrected chi connectivity index (χ3v) is 1.87. The Hall–Kier alpha value is 0.500. The van der Waals surface area contributed by atoms with E-state index in [4.69, 9.17) is 32.7 Å². The van der Waals surface area contributed by atoms with Gasteiger partial charge in [0, 0.05) is 0 Å². The van der Waals surface area contributed by atoms with Gasteiger partial charge in [-0.15, -0.1) is 11.6 Å². The average Bonchev–Trinajstić information content (AvgIpc) is 1.84. The highest BCUT2D eigenvalue weighted by molar-refractivity contribution is 6.21. The number of ether oxygens (including phenoxy) is 2. The molecule has 1 fully saturated rings. The summed E-state index contributed by atoms with van der Waals surface area (Å²) in [5, 5.41) is 0.0733. The lowest BCUT2D eigenvalue weighted by Gasteiger charge is -2.18. The van der Waals surface area contributed by atoms with Crippen LogP contribution in [-0.2, 0) is 9.47 Å². The molecule has 0 aliphatic carbocycles. The van der Waals surface area contributed by atoms with Gasteiger partial charge in [-0.25, -0.2) is 0 Å². The van der Waals surface area contributed by atoms with Crippen molar-refractivity contribution in [1.82, 2.24) is 0 Å². The monoisotopic (exact) mass is 184 g/mol. The molecule has 1 aliphatic rings. The molecule has 10 heavy (non-hydrogen) atoms. The van der Waals surface area contributed by atoms with Crippen LogP contribution in [0.1, 0.15) is 6.42 Å². The second kappa shape index (κ2) is 4.39. The molecule has 2 unspecified atom stereocenters. The SMILES string of the molecule is ClC1CCOC(Cl)COC1. The van der Waals surface area contributed by atoms with Gasteiger partial charge in [0.1, 0.15) is 0 Å². The van der Waals surface area contributed by atoms with Gasteiger partial charge in [-0.05, 0) is 6.42 Å². The van der Waals surface area contributed by atoms with Crippen molar-refractivity contribution in [3.63, 3.8) is 0 Å². The van der Waals surface area contributed by atoms with Crippen molar-refractivity contribution in [1.29, 1.82) is 0 Å². The minimum atomic E-state index is -0.302. The molecule has 0 bridgehead atoms. The van der Waals surface area contributed by atoms with Crippen molar-refractivity contribution in [3.8, 4) is 0 Å². The first-order chi connectivity index (χ1) is 4.79. The highest BCUT2D eigenvalue weighted by atomic mass is 35.5. The lowest BCUT2D eigenvalue weighted by molar-refractivity contribution is 0.00284. The van der Waals surface area contributed by atoms with Crippen LogP contribution >= 0.6 is 23.2 Å². The van der Waals surface area contributed by atoms with Gasteiger partial charge in [0.15, 0.2) is 5.56 Å². The standard InChI is InChI=1S/C6H10Cl2O2/c7-5-1-2-10-6(8)4-9-3-5/h5-6H,1-4H2. The summed E-state index contributed by atoms with van der Waals surface area (Å²) in [7, 11) is 0. The van der Waals surface area contributed by atoms with Gasteiger partial charge < -0.3 is 9.47 Å². The Labute approximate surface area is 70.4 Å². The molecule has 1 aliphatic heterocycles. The molecular formula is C6H10Cl2O2. The van der Waals surface area contributed by atoms with E-state index in [1.54, 1.807) is 0 Å². The molecule has 0 aromatic heterocycles. The zero-order chi connectivity index (χ0) is 7.40. The molecule has 2 nitrogen and oxygen atoms in total. The molecular weight excluding hydrogens is 175 g/mol. The molecule has 0 saturated carbocycles. The summed E-state index contributed by atoms with van der Waals surface area (Å²) in [6.45, 7) is 1.64. The fraction of sp³-hybridized carbons (Fsp3) is 1.00. The fourth-order valence-electron chi connectivity index (χ4n) is 0.744. The number of rotatable bonds is 0. The summed E-state index contributed by atoms with van der Waals surface area (Å²) in [5.41, 5.74) is -0.302. The lowest BCUT2D eigenvalue weighted by Crippen LogP contribution is -2.23. The molecule has 60 valence electrons. The first-order valence-corrected chi connectivity index (χ1v) is 4.14. The van der Waals surface area contributed by atoms with Crippen molar-refractivity contribution < 1.29 is 9.47 Å². The minimum Gasteiger partial charge on any atom is -0.376 e. The minimum absolute atomic E-state index is 0.0733. The van der Waals surface area contributed by atoms with Crippen LogP contribution in [0.5, 0.6) is 0 Å². The number of halogens is 2. The summed E-state index contributed by atoms with van der Waals surface area (Å²) in [5.74, 6) is 0. The maximum Gasteiger partial charge on any atom is 0.154 e. The smallest absolute Gasteiger partial charge is 0.154 e. The van der Waals surface area contributed by atoms with E-state index in [2.05, 4.69) is 0 Å². The van der Waals surface area contributed by atoms with Crippen LogP contribution in [0.3, 0.4) is 0 Å². The normalized spacial score (nSPS) is 36.6. The van der Waals surface area contributed by atoms with Crippen LogP contribution < -0.4 is 0 Å². The summed E-state index contributed by atoms with van der Waals surface area (Å²) in [6, 6.07) is 0. The zero-order valence-electron chi connectivity index (χ0n) is 5.56. The first kappa shape index (κ1) is 8.60. The van der Waals surface area contributed by atoms with Crippen molar-refractivity contribution in [2.75, 3.05) is 19.8 Å². The Morgan fingerprint density at radius 3 is 2.80 bits per heavy atom. The van der Waals surface area contributed by atoms with E-state index in [9.17, 15) is 0 Å². The van der Waals surface area contributed by atoms with Crippen molar-refractivity contribution in [3.05, 3.63) is 0 Å². The molecule has 2 atom stereocenters. The topological polar surface area (TPSA) is 18.5 Å². The molecule has 0 amide bonds. The zero-order valence-corrected chi connectivity index (χ0v) is 7.07. The van der Waals surface area contributed by atoms with Gasteiger partial charge in [-0.2, -0.15) is 0 Å². The van der Waals surface area contributed by atoms with Gasteiger partial charge in [0.25, 0.3) is 0 Å². The van der Waals surface area contributed by atoms with Crippen LogP contribution in [0.25, 0.3) is 0 Å². The summed E-state index contributed by atoms with van der Waals surface area (Å²) in [4.78, 5) is 0. The Morgan fingerprint density at radius 1 is 1.20 bits per heavy atom. The maximum absolute atomic E-state index is 5.79. The largest absolute Gasteiger partial charge is 0.376 e. The molecule has 4 heteroatoms. The molecule has 0 N–H and O–H groups in total. The van der Waals surface area contributed by atoms with Crippen LogP contribution in [0.15, 0.2) is 0 Å². The molecule has 1 rings (SSSR count). The lowest BCUT2D eigenvalue weighted by atomic mass is 10.3. The van der Waals surface area contributed by atoms with Crippen molar-refractivity contribution in [2.45, 2.75) is 17.4 Å². The molecule has 0 aromatic carbocycles. The molecule has 1 heterocycles. The van der Waals surface area contributed by atoms with E-state index in [0.29, 0.717) is 19.8 Å².